The van der Waals surface area contributed by atoms with Crippen molar-refractivity contribution in [2.75, 3.05) is 6.26 Å². The minimum absolute atomic E-state index is 0.342. The molecule has 4 rings (SSSR count). The van der Waals surface area contributed by atoms with Crippen LogP contribution in [-0.4, -0.2) is 56.9 Å². The summed E-state index contributed by atoms with van der Waals surface area (Å²) in [6, 6.07) is 3.58. The van der Waals surface area contributed by atoms with Gasteiger partial charge in [-0.15, -0.1) is 0 Å². The Balaban J connectivity index is 1.65. The SMILES string of the molecule is CS(=O)(=O)/N=C(/[O-])C1C2OC3C(OC(=O)C31)C2OC(=O)c1cc(I)cc(I)c1I. The predicted octanol–water partition coefficient (Wildman–Crippen LogP) is 0.683. The second-order valence-corrected chi connectivity index (χ2v) is 11.9. The lowest BCUT2D eigenvalue weighted by molar-refractivity contribution is -0.227. The fourth-order valence-corrected chi connectivity index (χ4v) is 6.69. The molecule has 3 fully saturated rings. The Labute approximate surface area is 206 Å². The molecular formula is C16H11I3NO8S-. The van der Waals surface area contributed by atoms with Crippen LogP contribution >= 0.6 is 67.8 Å². The highest BCUT2D eigenvalue weighted by Crippen LogP contribution is 2.51. The number of hydrogen-bond donors (Lipinski definition) is 0. The van der Waals surface area contributed by atoms with E-state index in [4.69, 9.17) is 14.2 Å². The van der Waals surface area contributed by atoms with E-state index in [1.807, 2.05) is 28.7 Å². The standard InChI is InChI=1S/C16H12I3NO8S/c1-29(24,25)20-14(21)7-8-11-13(28-16(8)23)12(10(7)26-11)27-15(22)5-2-4(17)3-6(18)9(5)19/h2-3,7-8,10-13H,1H3,(H,20,21)/p-1. The van der Waals surface area contributed by atoms with Crippen molar-refractivity contribution in [1.29, 1.82) is 0 Å². The van der Waals surface area contributed by atoms with Crippen LogP contribution in [-0.2, 0) is 29.0 Å². The number of carbonyl (C=O) groups excluding carboxylic acids is 2. The van der Waals surface area contributed by atoms with Crippen LogP contribution in [0.15, 0.2) is 16.5 Å². The van der Waals surface area contributed by atoms with Gasteiger partial charge in [-0.2, -0.15) is 4.40 Å². The van der Waals surface area contributed by atoms with Crippen LogP contribution in [0.2, 0.25) is 0 Å². The van der Waals surface area contributed by atoms with Gasteiger partial charge in [0, 0.05) is 16.6 Å². The second-order valence-electron chi connectivity index (χ2n) is 6.80. The van der Waals surface area contributed by atoms with Crippen LogP contribution in [0.25, 0.3) is 0 Å². The van der Waals surface area contributed by atoms with Crippen molar-refractivity contribution in [3.8, 4) is 0 Å². The molecule has 29 heavy (non-hydrogen) atoms. The molecule has 1 aromatic carbocycles. The normalized spacial score (nSPS) is 33.1. The Kier molecular flexibility index (Phi) is 5.83. The van der Waals surface area contributed by atoms with E-state index in [-0.39, 0.29) is 0 Å². The van der Waals surface area contributed by atoms with Gasteiger partial charge in [-0.3, -0.25) is 4.79 Å². The summed E-state index contributed by atoms with van der Waals surface area (Å²) in [5.74, 6) is -4.44. The third-order valence-corrected chi connectivity index (χ3v) is 9.08. The van der Waals surface area contributed by atoms with Crippen molar-refractivity contribution < 1.29 is 37.3 Å². The number of fused-ring (bicyclic) bond motifs is 1. The largest absolute Gasteiger partial charge is 0.861 e. The van der Waals surface area contributed by atoms with E-state index >= 15 is 0 Å². The second kappa shape index (κ2) is 7.70. The van der Waals surface area contributed by atoms with Crippen molar-refractivity contribution >= 4 is 95.6 Å². The van der Waals surface area contributed by atoms with Crippen molar-refractivity contribution in [2.45, 2.75) is 24.4 Å². The molecule has 9 nitrogen and oxygen atoms in total. The lowest BCUT2D eigenvalue weighted by Gasteiger charge is -2.31. The van der Waals surface area contributed by atoms with Crippen LogP contribution in [0.4, 0.5) is 0 Å². The first-order valence-corrected chi connectivity index (χ1v) is 13.2. The summed E-state index contributed by atoms with van der Waals surface area (Å²) in [6.45, 7) is 0. The summed E-state index contributed by atoms with van der Waals surface area (Å²) in [5.41, 5.74) is 0.342. The molecule has 6 atom stereocenters. The topological polar surface area (TPSA) is 131 Å². The van der Waals surface area contributed by atoms with Gasteiger partial charge in [0.15, 0.2) is 12.2 Å². The molecule has 0 N–H and O–H groups in total. The molecular weight excluding hydrogens is 747 g/mol. The average molecular weight is 758 g/mol. The first-order valence-electron chi connectivity index (χ1n) is 8.16. The summed E-state index contributed by atoms with van der Waals surface area (Å²) in [7, 11) is -3.95. The third-order valence-electron chi connectivity index (χ3n) is 4.90. The van der Waals surface area contributed by atoms with E-state index in [0.29, 0.717) is 9.13 Å². The summed E-state index contributed by atoms with van der Waals surface area (Å²) in [5, 5.41) is 12.5. The highest BCUT2D eigenvalue weighted by Gasteiger charge is 2.70. The molecule has 3 aliphatic rings. The molecule has 156 valence electrons. The fraction of sp³-hybridized carbons (Fsp3) is 0.438. The monoisotopic (exact) mass is 758 g/mol. The number of halogens is 3. The zero-order valence-electron chi connectivity index (χ0n) is 14.4. The van der Waals surface area contributed by atoms with E-state index < -0.39 is 64.1 Å². The minimum atomic E-state index is -3.95. The van der Waals surface area contributed by atoms with E-state index in [0.717, 1.165) is 13.4 Å². The molecule has 2 bridgehead atoms. The zero-order chi connectivity index (χ0) is 21.2. The molecule has 13 heteroatoms. The molecule has 3 saturated heterocycles. The van der Waals surface area contributed by atoms with Crippen molar-refractivity contribution in [3.63, 3.8) is 0 Å². The highest BCUT2D eigenvalue weighted by molar-refractivity contribution is 14.1. The van der Waals surface area contributed by atoms with Crippen LogP contribution in [0.1, 0.15) is 10.4 Å². The summed E-state index contributed by atoms with van der Waals surface area (Å²) >= 11 is 6.23. The number of sulfonamides is 1. The summed E-state index contributed by atoms with van der Waals surface area (Å²) < 4.78 is 45.0. The summed E-state index contributed by atoms with van der Waals surface area (Å²) in [4.78, 5) is 25.1. The number of carbonyl (C=O) groups is 2. The van der Waals surface area contributed by atoms with Crippen molar-refractivity contribution in [1.82, 2.24) is 0 Å². The minimum Gasteiger partial charge on any atom is -0.861 e. The fourth-order valence-electron chi connectivity index (χ4n) is 3.87. The Hall–Kier alpha value is -0.270. The first kappa shape index (κ1) is 21.9. The van der Waals surface area contributed by atoms with Gasteiger partial charge in [0.1, 0.15) is 12.2 Å². The maximum absolute atomic E-state index is 12.8. The van der Waals surface area contributed by atoms with Gasteiger partial charge < -0.3 is 19.3 Å². The van der Waals surface area contributed by atoms with Crippen LogP contribution in [0, 0.1) is 22.5 Å². The van der Waals surface area contributed by atoms with E-state index in [1.165, 1.54) is 0 Å². The molecule has 0 aliphatic carbocycles. The van der Waals surface area contributed by atoms with Gasteiger partial charge >= 0.3 is 11.9 Å². The van der Waals surface area contributed by atoms with Crippen molar-refractivity contribution in [3.05, 3.63) is 28.4 Å². The van der Waals surface area contributed by atoms with Crippen LogP contribution in [0.3, 0.4) is 0 Å². The number of rotatable bonds is 4. The molecule has 0 amide bonds. The zero-order valence-corrected chi connectivity index (χ0v) is 21.7. The molecule has 1 aromatic rings. The van der Waals surface area contributed by atoms with Gasteiger partial charge in [-0.1, -0.05) is 0 Å². The Morgan fingerprint density at radius 3 is 2.55 bits per heavy atom. The molecule has 0 radical (unpaired) electrons. The van der Waals surface area contributed by atoms with E-state index in [9.17, 15) is 23.1 Å². The lowest BCUT2D eigenvalue weighted by Crippen LogP contribution is -2.50. The number of ether oxygens (including phenoxy) is 3. The van der Waals surface area contributed by atoms with Crippen LogP contribution < -0.4 is 5.11 Å². The molecule has 0 saturated carbocycles. The quantitative estimate of drug-likeness (QED) is 0.144. The smallest absolute Gasteiger partial charge is 0.339 e. The summed E-state index contributed by atoms with van der Waals surface area (Å²) in [6.07, 6.45) is -2.84. The van der Waals surface area contributed by atoms with Gasteiger partial charge in [0.05, 0.1) is 17.7 Å². The van der Waals surface area contributed by atoms with Crippen LogP contribution in [0.5, 0.6) is 0 Å². The lowest BCUT2D eigenvalue weighted by atomic mass is 9.78. The average Bonchev–Trinajstić information content (AvgIpc) is 3.19. The molecule has 6 unspecified atom stereocenters. The Morgan fingerprint density at radius 2 is 1.90 bits per heavy atom. The highest BCUT2D eigenvalue weighted by atomic mass is 127. The molecule has 3 heterocycles. The number of esters is 2. The Bertz CT molecular complexity index is 1060. The maximum atomic E-state index is 12.8. The van der Waals surface area contributed by atoms with E-state index in [1.54, 1.807) is 6.07 Å². The third kappa shape index (κ3) is 3.89. The molecule has 0 spiro atoms. The molecule has 3 aliphatic heterocycles. The maximum Gasteiger partial charge on any atom is 0.339 e. The van der Waals surface area contributed by atoms with Gasteiger partial charge in [-0.05, 0) is 85.8 Å². The number of nitrogens with zero attached hydrogens (tertiary/aromatic N) is 1. The molecule has 0 aromatic heterocycles. The number of benzene rings is 1. The first-order chi connectivity index (χ1) is 13.5. The van der Waals surface area contributed by atoms with Crippen molar-refractivity contribution in [2.24, 2.45) is 16.2 Å². The van der Waals surface area contributed by atoms with Gasteiger partial charge in [0.25, 0.3) is 0 Å². The Morgan fingerprint density at radius 1 is 1.21 bits per heavy atom. The number of hydrogen-bond acceptors (Lipinski definition) is 8. The van der Waals surface area contributed by atoms with Gasteiger partial charge in [-0.25, -0.2) is 13.2 Å². The predicted molar refractivity (Wildman–Crippen MR) is 122 cm³/mol. The van der Waals surface area contributed by atoms with Gasteiger partial charge in [0.2, 0.25) is 10.0 Å². The van der Waals surface area contributed by atoms with E-state index in [2.05, 4.69) is 49.6 Å².